The molecule has 0 saturated carbocycles. The number of benzene rings is 10. The molecule has 0 spiro atoms. The molecule has 0 radical (unpaired) electrons. The number of nitrogens with zero attached hydrogens (tertiary/aromatic N) is 1. The van der Waals surface area contributed by atoms with Crippen molar-refractivity contribution in [1.29, 1.82) is 0 Å². The van der Waals surface area contributed by atoms with Crippen LogP contribution in [0.5, 0.6) is 11.5 Å². The maximum Gasteiger partial charge on any atom is 0.135 e. The number of hydrogen-bond donors (Lipinski definition) is 0. The molecule has 60 heavy (non-hydrogen) atoms. The number of hydrogen-bond acceptors (Lipinski definition) is 2. The van der Waals surface area contributed by atoms with Crippen molar-refractivity contribution in [2.24, 2.45) is 0 Å². The molecule has 2 nitrogen and oxygen atoms in total. The molecule has 0 bridgehead atoms. The summed E-state index contributed by atoms with van der Waals surface area (Å²) in [4.78, 5) is 2.33. The van der Waals surface area contributed by atoms with Crippen LogP contribution in [0.25, 0.3) is 77.5 Å². The van der Waals surface area contributed by atoms with E-state index in [9.17, 15) is 0 Å². The third kappa shape index (κ3) is 6.61. The highest BCUT2D eigenvalue weighted by molar-refractivity contribution is 6.00. The first-order valence-electron chi connectivity index (χ1n) is 20.5. The van der Waals surface area contributed by atoms with E-state index in [1.165, 1.54) is 49.7 Å². The molecule has 1 aliphatic rings. The Kier molecular flexibility index (Phi) is 8.87. The van der Waals surface area contributed by atoms with Crippen LogP contribution in [0, 0.1) is 0 Å². The van der Waals surface area contributed by atoms with Crippen molar-refractivity contribution in [3.8, 4) is 78.3 Å². The minimum absolute atomic E-state index is 0.845. The van der Waals surface area contributed by atoms with Gasteiger partial charge in [0.1, 0.15) is 11.5 Å². The van der Waals surface area contributed by atoms with E-state index < -0.39 is 0 Å². The highest BCUT2D eigenvalue weighted by Gasteiger charge is 2.23. The van der Waals surface area contributed by atoms with Crippen molar-refractivity contribution in [1.82, 2.24) is 0 Å². The van der Waals surface area contributed by atoms with Crippen molar-refractivity contribution in [2.45, 2.75) is 0 Å². The first-order valence-corrected chi connectivity index (χ1v) is 20.5. The maximum absolute atomic E-state index is 6.92. The summed E-state index contributed by atoms with van der Waals surface area (Å²) in [6, 6.07) is 84.7. The van der Waals surface area contributed by atoms with Gasteiger partial charge in [0.25, 0.3) is 0 Å². The summed E-state index contributed by atoms with van der Waals surface area (Å²) in [5.41, 5.74) is 17.1. The summed E-state index contributed by atoms with van der Waals surface area (Å²) >= 11 is 0. The average Bonchev–Trinajstić information content (AvgIpc) is 3.46. The number of anilines is 3. The smallest absolute Gasteiger partial charge is 0.135 e. The van der Waals surface area contributed by atoms with Gasteiger partial charge in [-0.2, -0.15) is 0 Å². The van der Waals surface area contributed by atoms with Crippen molar-refractivity contribution < 1.29 is 4.74 Å². The van der Waals surface area contributed by atoms with Gasteiger partial charge in [0.05, 0.1) is 0 Å². The van der Waals surface area contributed by atoms with E-state index in [1.807, 2.05) is 0 Å². The summed E-state index contributed by atoms with van der Waals surface area (Å²) in [5, 5.41) is 2.42. The zero-order valence-electron chi connectivity index (χ0n) is 32.9. The molecule has 0 unspecified atom stereocenters. The predicted octanol–water partition coefficient (Wildman–Crippen LogP) is 16.4. The fourth-order valence-corrected chi connectivity index (χ4v) is 8.57. The molecule has 282 valence electrons. The van der Waals surface area contributed by atoms with E-state index in [0.29, 0.717) is 0 Å². The summed E-state index contributed by atoms with van der Waals surface area (Å²) < 4.78 is 6.92. The zero-order chi connectivity index (χ0) is 39.8. The quantitative estimate of drug-likeness (QED) is 0.160. The first kappa shape index (κ1) is 35.2. The monoisotopic (exact) mass is 765 g/mol. The Morgan fingerprint density at radius 2 is 0.600 bits per heavy atom. The van der Waals surface area contributed by atoms with Crippen molar-refractivity contribution in [3.05, 3.63) is 237 Å². The van der Waals surface area contributed by atoms with Gasteiger partial charge >= 0.3 is 0 Å². The van der Waals surface area contributed by atoms with Crippen LogP contribution >= 0.6 is 0 Å². The second-order valence-corrected chi connectivity index (χ2v) is 15.3. The Morgan fingerprint density at radius 1 is 0.233 bits per heavy atom. The molecule has 10 aromatic rings. The van der Waals surface area contributed by atoms with Gasteiger partial charge in [-0.1, -0.05) is 164 Å². The molecule has 0 aliphatic carbocycles. The minimum Gasteiger partial charge on any atom is -0.456 e. The van der Waals surface area contributed by atoms with E-state index in [4.69, 9.17) is 4.74 Å². The van der Waals surface area contributed by atoms with Gasteiger partial charge in [0, 0.05) is 28.2 Å². The van der Waals surface area contributed by atoms with E-state index >= 15 is 0 Å². The van der Waals surface area contributed by atoms with Crippen molar-refractivity contribution in [2.75, 3.05) is 4.90 Å². The molecular weight excluding hydrogens is 727 g/mol. The standard InChI is InChI=1S/C58H39NO/c1-4-12-40(13-5-1)43-20-28-50(29-21-43)59(51-30-22-44(23-31-51)41-14-6-2-7-15-41)52-32-24-45(25-33-52)49-26-34-53-54-36-46-18-10-11-19-47(46)37-55(54)56-38-48(42-16-8-3-9-17-42)27-35-57(56)60-58(53)39-49/h1-39H. The van der Waals surface area contributed by atoms with Crippen LogP contribution < -0.4 is 9.64 Å². The van der Waals surface area contributed by atoms with Gasteiger partial charge in [0.15, 0.2) is 0 Å². The lowest BCUT2D eigenvalue weighted by Crippen LogP contribution is -2.09. The summed E-state index contributed by atoms with van der Waals surface area (Å²) in [7, 11) is 0. The molecule has 10 aromatic carbocycles. The molecule has 0 amide bonds. The van der Waals surface area contributed by atoms with Crippen LogP contribution in [0.3, 0.4) is 0 Å². The minimum atomic E-state index is 0.845. The molecular formula is C58H39NO. The summed E-state index contributed by atoms with van der Waals surface area (Å²) in [6.07, 6.45) is 0. The van der Waals surface area contributed by atoms with Crippen LogP contribution in [-0.2, 0) is 0 Å². The molecule has 1 heterocycles. The van der Waals surface area contributed by atoms with Gasteiger partial charge in [-0.3, -0.25) is 0 Å². The van der Waals surface area contributed by atoms with Crippen molar-refractivity contribution >= 4 is 27.8 Å². The SMILES string of the molecule is c1ccc(-c2ccc(N(c3ccc(-c4ccccc4)cc3)c3ccc(-c4ccc5c(c4)Oc4ccc(-c6ccccc6)cc4-c4cc6ccccc6cc4-5)cc3)cc2)cc1. The number of fused-ring (bicyclic) bond motifs is 6. The van der Waals surface area contributed by atoms with Gasteiger partial charge in [0.2, 0.25) is 0 Å². The Morgan fingerprint density at radius 3 is 1.10 bits per heavy atom. The van der Waals surface area contributed by atoms with Gasteiger partial charge in [-0.05, 0) is 139 Å². The third-order valence-electron chi connectivity index (χ3n) is 11.7. The fraction of sp³-hybridized carbons (Fsp3) is 0. The van der Waals surface area contributed by atoms with Crippen LogP contribution in [0.15, 0.2) is 237 Å². The second-order valence-electron chi connectivity index (χ2n) is 15.3. The Balaban J connectivity index is 0.973. The van der Waals surface area contributed by atoms with E-state index in [2.05, 4.69) is 241 Å². The van der Waals surface area contributed by atoms with Crippen LogP contribution in [0.2, 0.25) is 0 Å². The topological polar surface area (TPSA) is 12.5 Å². The highest BCUT2D eigenvalue weighted by Crippen LogP contribution is 2.50. The maximum atomic E-state index is 6.92. The van der Waals surface area contributed by atoms with Gasteiger partial charge in [-0.15, -0.1) is 0 Å². The van der Waals surface area contributed by atoms with Crippen LogP contribution in [0.1, 0.15) is 0 Å². The normalized spacial score (nSPS) is 11.5. The molecule has 0 atom stereocenters. The van der Waals surface area contributed by atoms with Crippen molar-refractivity contribution in [3.63, 3.8) is 0 Å². The van der Waals surface area contributed by atoms with Crippen LogP contribution in [-0.4, -0.2) is 0 Å². The Bertz CT molecular complexity index is 3040. The predicted molar refractivity (Wildman–Crippen MR) is 251 cm³/mol. The molecule has 2 heteroatoms. The van der Waals surface area contributed by atoms with E-state index in [0.717, 1.165) is 56.4 Å². The molecule has 0 fully saturated rings. The number of ether oxygens (including phenoxy) is 1. The van der Waals surface area contributed by atoms with E-state index in [-0.39, 0.29) is 0 Å². The molecule has 0 N–H and O–H groups in total. The zero-order valence-corrected chi connectivity index (χ0v) is 32.9. The third-order valence-corrected chi connectivity index (χ3v) is 11.7. The lowest BCUT2D eigenvalue weighted by Gasteiger charge is -2.26. The van der Waals surface area contributed by atoms with E-state index in [1.54, 1.807) is 0 Å². The lowest BCUT2D eigenvalue weighted by molar-refractivity contribution is 0.488. The molecule has 0 aromatic heterocycles. The van der Waals surface area contributed by atoms with Gasteiger partial charge in [-0.25, -0.2) is 0 Å². The molecule has 1 aliphatic heterocycles. The highest BCUT2D eigenvalue weighted by atomic mass is 16.5. The molecule has 0 saturated heterocycles. The second kappa shape index (κ2) is 15.1. The Hall–Kier alpha value is -7.94. The fourth-order valence-electron chi connectivity index (χ4n) is 8.57. The largest absolute Gasteiger partial charge is 0.456 e. The van der Waals surface area contributed by atoms with Crippen LogP contribution in [0.4, 0.5) is 17.1 Å². The lowest BCUT2D eigenvalue weighted by atomic mass is 9.89. The molecule has 11 rings (SSSR count). The van der Waals surface area contributed by atoms with Gasteiger partial charge < -0.3 is 9.64 Å². The average molecular weight is 766 g/mol. The first-order chi connectivity index (χ1) is 29.7. The number of rotatable bonds is 7. The summed E-state index contributed by atoms with van der Waals surface area (Å²) in [5.74, 6) is 1.70. The summed E-state index contributed by atoms with van der Waals surface area (Å²) in [6.45, 7) is 0. The Labute approximate surface area is 350 Å².